The molecule has 0 fully saturated rings. The lowest BCUT2D eigenvalue weighted by molar-refractivity contribution is 0.0786. The van der Waals surface area contributed by atoms with Gasteiger partial charge >= 0.3 is 0 Å². The van der Waals surface area contributed by atoms with Crippen molar-refractivity contribution in [1.82, 2.24) is 63.8 Å². The van der Waals surface area contributed by atoms with Gasteiger partial charge in [0.1, 0.15) is 41.5 Å². The van der Waals surface area contributed by atoms with E-state index in [1.54, 1.807) is 44.3 Å². The summed E-state index contributed by atoms with van der Waals surface area (Å²) >= 11 is 13.0. The van der Waals surface area contributed by atoms with Crippen molar-refractivity contribution < 1.29 is 4.79 Å². The van der Waals surface area contributed by atoms with Crippen molar-refractivity contribution in [3.05, 3.63) is 137 Å². The van der Waals surface area contributed by atoms with Crippen molar-refractivity contribution in [1.29, 1.82) is 0 Å². The molecular formula is C43H39Cl2N17O. The van der Waals surface area contributed by atoms with Crippen molar-refractivity contribution in [2.24, 2.45) is 7.05 Å². The summed E-state index contributed by atoms with van der Waals surface area (Å²) in [6, 6.07) is 20.6. The number of amides is 1. The second-order valence-corrected chi connectivity index (χ2v) is 15.7. The van der Waals surface area contributed by atoms with Crippen LogP contribution in [0.2, 0.25) is 10.3 Å². The molecule has 0 aliphatic rings. The van der Waals surface area contributed by atoms with E-state index >= 15 is 0 Å². The molecule has 0 unspecified atom stereocenters. The molecule has 1 amide bonds. The van der Waals surface area contributed by atoms with E-state index in [2.05, 4.69) is 45.6 Å². The molecule has 0 spiro atoms. The minimum Gasteiger partial charge on any atom is -0.383 e. The summed E-state index contributed by atoms with van der Waals surface area (Å²) in [6.07, 6.45) is 9.39. The molecule has 316 valence electrons. The zero-order valence-corrected chi connectivity index (χ0v) is 35.8. The molecular weight excluding hydrogens is 841 g/mol. The molecule has 9 rings (SSSR count). The Morgan fingerprint density at radius 1 is 0.714 bits per heavy atom. The standard InChI is InChI=1S/C43H39Cl2N17O/c1-23(29-14-33-48-17-31(44)61(33)57-37(29)26-10-6-5-7-11-26)56-42-36(40(47)51-22-53-42)43(63)59(3)19-25-9-8-12-27(13-25)38-30(15-34-49-18-32(45)62(34)58-38)24(2)55-41-35(39(46)50-21-52-41)28-16-54-60(4)20-28/h5-18,20-24H,19H2,1-4H3,(H3,46,50,52,55)(H3,47,51,53,56)/t23-,24-/m0/s1. The average molecular weight is 881 g/mol. The van der Waals surface area contributed by atoms with Gasteiger partial charge in [0.2, 0.25) is 0 Å². The summed E-state index contributed by atoms with van der Waals surface area (Å²) in [5.74, 6) is 0.733. The number of anilines is 4. The Balaban J connectivity index is 1.00. The van der Waals surface area contributed by atoms with Gasteiger partial charge in [-0.15, -0.1) is 0 Å². The maximum Gasteiger partial charge on any atom is 0.261 e. The lowest BCUT2D eigenvalue weighted by Crippen LogP contribution is -2.29. The maximum absolute atomic E-state index is 14.4. The number of imidazole rings is 2. The number of carbonyl (C=O) groups is 1. The minimum atomic E-state index is -0.412. The fourth-order valence-corrected chi connectivity index (χ4v) is 7.84. The molecule has 9 aromatic rings. The number of carbonyl (C=O) groups excluding carboxylic acids is 1. The number of hydrogen-bond acceptors (Lipinski definition) is 14. The first-order valence-electron chi connectivity index (χ1n) is 19.6. The van der Waals surface area contributed by atoms with Gasteiger partial charge in [0, 0.05) is 54.7 Å². The lowest BCUT2D eigenvalue weighted by Gasteiger charge is -2.23. The quantitative estimate of drug-likeness (QED) is 0.0954. The van der Waals surface area contributed by atoms with Gasteiger partial charge in [-0.05, 0) is 37.6 Å². The number of nitrogen functional groups attached to an aromatic ring is 2. The molecule has 0 aliphatic heterocycles. The van der Waals surface area contributed by atoms with Crippen molar-refractivity contribution >= 4 is 63.7 Å². The van der Waals surface area contributed by atoms with Crippen LogP contribution in [-0.4, -0.2) is 76.8 Å². The number of nitrogens with one attached hydrogen (secondary N) is 2. The van der Waals surface area contributed by atoms with E-state index in [9.17, 15) is 4.79 Å². The third-order valence-corrected chi connectivity index (χ3v) is 11.1. The summed E-state index contributed by atoms with van der Waals surface area (Å²) in [5, 5.41) is 21.8. The first kappa shape index (κ1) is 40.7. The Hall–Kier alpha value is -7.70. The molecule has 7 aromatic heterocycles. The number of aromatic nitrogens is 12. The largest absolute Gasteiger partial charge is 0.383 e. The fourth-order valence-electron chi connectivity index (χ4n) is 7.49. The van der Waals surface area contributed by atoms with Gasteiger partial charge in [-0.25, -0.2) is 38.9 Å². The Bertz CT molecular complexity index is 3170. The van der Waals surface area contributed by atoms with Crippen molar-refractivity contribution in [3.8, 4) is 33.6 Å². The summed E-state index contributed by atoms with van der Waals surface area (Å²) < 4.78 is 4.84. The Labute approximate surface area is 370 Å². The number of nitrogens with zero attached hydrogens (tertiary/aromatic N) is 13. The van der Waals surface area contributed by atoms with E-state index in [4.69, 9.17) is 44.9 Å². The average Bonchev–Trinajstić information content (AvgIpc) is 3.99. The van der Waals surface area contributed by atoms with Gasteiger partial charge in [-0.3, -0.25) is 9.48 Å². The molecule has 20 heteroatoms. The zero-order chi connectivity index (χ0) is 43.9. The number of rotatable bonds is 12. The number of aryl methyl sites for hydroxylation is 1. The number of hydrogen-bond donors (Lipinski definition) is 4. The van der Waals surface area contributed by atoms with Crippen LogP contribution < -0.4 is 22.1 Å². The van der Waals surface area contributed by atoms with Crippen molar-refractivity contribution in [2.45, 2.75) is 32.5 Å². The van der Waals surface area contributed by atoms with E-state index in [0.717, 1.165) is 33.4 Å². The van der Waals surface area contributed by atoms with Crippen LogP contribution in [0, 0.1) is 0 Å². The SMILES string of the molecule is C[C@H](Nc1ncnc(N)c1C(=O)N(C)Cc1cccc(-c2nn3c(Cl)cnc3cc2[C@H](C)Nc2ncnc(N)c2-c2cnn(C)c2)c1)c1cc2ncc(Cl)n2nc1-c1ccccc1. The topological polar surface area (TPSA) is 226 Å². The van der Waals surface area contributed by atoms with Crippen LogP contribution in [0.25, 0.3) is 44.9 Å². The Morgan fingerprint density at radius 2 is 1.30 bits per heavy atom. The number of halogens is 2. The van der Waals surface area contributed by atoms with Crippen LogP contribution in [0.15, 0.2) is 104 Å². The summed E-state index contributed by atoms with van der Waals surface area (Å²) in [6.45, 7) is 4.15. The monoisotopic (exact) mass is 879 g/mol. The van der Waals surface area contributed by atoms with Crippen LogP contribution in [0.4, 0.5) is 23.3 Å². The zero-order valence-electron chi connectivity index (χ0n) is 34.3. The van der Waals surface area contributed by atoms with Gasteiger partial charge in [0.15, 0.2) is 21.6 Å². The molecule has 18 nitrogen and oxygen atoms in total. The molecule has 0 bridgehead atoms. The third kappa shape index (κ3) is 7.88. The Morgan fingerprint density at radius 3 is 1.94 bits per heavy atom. The molecule has 0 radical (unpaired) electrons. The number of benzene rings is 2. The predicted octanol–water partition coefficient (Wildman–Crippen LogP) is 7.18. The van der Waals surface area contributed by atoms with E-state index in [0.29, 0.717) is 50.2 Å². The molecule has 63 heavy (non-hydrogen) atoms. The van der Waals surface area contributed by atoms with E-state index < -0.39 is 6.04 Å². The maximum atomic E-state index is 14.4. The van der Waals surface area contributed by atoms with Crippen LogP contribution in [0.1, 0.15) is 53.0 Å². The van der Waals surface area contributed by atoms with Gasteiger partial charge in [-0.1, -0.05) is 71.7 Å². The van der Waals surface area contributed by atoms with Gasteiger partial charge < -0.3 is 27.0 Å². The van der Waals surface area contributed by atoms with Crippen LogP contribution >= 0.6 is 23.2 Å². The Kier molecular flexibility index (Phi) is 10.7. The van der Waals surface area contributed by atoms with Crippen molar-refractivity contribution in [2.75, 3.05) is 29.1 Å². The number of fused-ring (bicyclic) bond motifs is 2. The van der Waals surface area contributed by atoms with Gasteiger partial charge in [-0.2, -0.15) is 15.3 Å². The number of nitrogens with two attached hydrogens (primary N) is 2. The van der Waals surface area contributed by atoms with Crippen LogP contribution in [-0.2, 0) is 13.6 Å². The second kappa shape index (κ2) is 16.6. The highest BCUT2D eigenvalue weighted by Gasteiger charge is 2.26. The predicted molar refractivity (Wildman–Crippen MR) is 242 cm³/mol. The minimum absolute atomic E-state index is 0.0279. The smallest absolute Gasteiger partial charge is 0.261 e. The molecule has 7 heterocycles. The van der Waals surface area contributed by atoms with Crippen LogP contribution in [0.3, 0.4) is 0 Å². The van der Waals surface area contributed by atoms with Gasteiger partial charge in [0.25, 0.3) is 5.91 Å². The summed E-state index contributed by atoms with van der Waals surface area (Å²) in [5.41, 5.74) is 20.8. The highest BCUT2D eigenvalue weighted by Crippen LogP contribution is 2.36. The molecule has 2 atom stereocenters. The first-order chi connectivity index (χ1) is 30.4. The lowest BCUT2D eigenvalue weighted by atomic mass is 9.99. The van der Waals surface area contributed by atoms with E-state index in [-0.39, 0.29) is 35.7 Å². The third-order valence-electron chi connectivity index (χ3n) is 10.6. The first-order valence-corrected chi connectivity index (χ1v) is 20.4. The van der Waals surface area contributed by atoms with E-state index in [1.165, 1.54) is 12.7 Å². The molecule has 6 N–H and O–H groups in total. The fraction of sp³-hybridized carbons (Fsp3) is 0.163. The highest BCUT2D eigenvalue weighted by atomic mass is 35.5. The molecule has 2 aromatic carbocycles. The van der Waals surface area contributed by atoms with E-state index in [1.807, 2.05) is 93.8 Å². The molecule has 0 aliphatic carbocycles. The second-order valence-electron chi connectivity index (χ2n) is 14.9. The van der Waals surface area contributed by atoms with Crippen molar-refractivity contribution in [3.63, 3.8) is 0 Å². The molecule has 0 saturated heterocycles. The highest BCUT2D eigenvalue weighted by molar-refractivity contribution is 6.30. The summed E-state index contributed by atoms with van der Waals surface area (Å²) in [4.78, 5) is 42.3. The molecule has 0 saturated carbocycles. The summed E-state index contributed by atoms with van der Waals surface area (Å²) in [7, 11) is 3.52. The van der Waals surface area contributed by atoms with Gasteiger partial charge in [0.05, 0.1) is 47.6 Å². The normalized spacial score (nSPS) is 12.4. The van der Waals surface area contributed by atoms with Crippen LogP contribution in [0.5, 0.6) is 0 Å².